The van der Waals surface area contributed by atoms with Crippen LogP contribution in [0.1, 0.15) is 32.2 Å². The lowest BCUT2D eigenvalue weighted by atomic mass is 9.98. The molecule has 0 radical (unpaired) electrons. The van der Waals surface area contributed by atoms with E-state index in [0.29, 0.717) is 23.9 Å². The molecule has 5 nitrogen and oxygen atoms in total. The Bertz CT molecular complexity index is 463. The van der Waals surface area contributed by atoms with E-state index in [1.165, 1.54) is 6.07 Å². The maximum atomic E-state index is 12.2. The summed E-state index contributed by atoms with van der Waals surface area (Å²) >= 11 is 1.04. The van der Waals surface area contributed by atoms with E-state index in [1.807, 2.05) is 0 Å². The van der Waals surface area contributed by atoms with Gasteiger partial charge in [-0.1, -0.05) is 0 Å². The van der Waals surface area contributed by atoms with Gasteiger partial charge in [0, 0.05) is 26.8 Å². The van der Waals surface area contributed by atoms with Crippen molar-refractivity contribution in [2.24, 2.45) is 5.92 Å². The molecule has 1 fully saturated rings. The van der Waals surface area contributed by atoms with Crippen molar-refractivity contribution >= 4 is 23.2 Å². The number of amides is 1. The topological polar surface area (TPSA) is 66.8 Å². The highest BCUT2D eigenvalue weighted by Crippen LogP contribution is 2.22. The predicted molar refractivity (Wildman–Crippen MR) is 71.8 cm³/mol. The highest BCUT2D eigenvalue weighted by molar-refractivity contribution is 7.15. The minimum atomic E-state index is -0.983. The zero-order valence-corrected chi connectivity index (χ0v) is 11.6. The number of likely N-dealkylation sites (tertiary alicyclic amines) is 1. The van der Waals surface area contributed by atoms with Crippen molar-refractivity contribution in [1.82, 2.24) is 4.90 Å². The van der Waals surface area contributed by atoms with E-state index in [4.69, 9.17) is 9.84 Å². The molecule has 0 aromatic carbocycles. The molecule has 1 aromatic heterocycles. The maximum Gasteiger partial charge on any atom is 0.345 e. The van der Waals surface area contributed by atoms with Crippen LogP contribution in [0.25, 0.3) is 0 Å². The lowest BCUT2D eigenvalue weighted by Crippen LogP contribution is -2.39. The molecule has 104 valence electrons. The number of rotatable bonds is 4. The molecule has 1 saturated heterocycles. The third-order valence-electron chi connectivity index (χ3n) is 3.33. The molecule has 2 heterocycles. The van der Waals surface area contributed by atoms with Gasteiger partial charge in [-0.05, 0) is 30.9 Å². The molecule has 1 N–H and O–H groups in total. The lowest BCUT2D eigenvalue weighted by molar-refractivity contribution is 0.0617. The van der Waals surface area contributed by atoms with Gasteiger partial charge in [0.15, 0.2) is 0 Å². The van der Waals surface area contributed by atoms with E-state index in [1.54, 1.807) is 18.1 Å². The number of ether oxygens (including phenoxy) is 1. The van der Waals surface area contributed by atoms with Gasteiger partial charge in [0.1, 0.15) is 4.88 Å². The van der Waals surface area contributed by atoms with Gasteiger partial charge in [-0.2, -0.15) is 0 Å². The molecule has 6 heteroatoms. The van der Waals surface area contributed by atoms with Gasteiger partial charge in [-0.15, -0.1) is 11.3 Å². The van der Waals surface area contributed by atoms with Crippen LogP contribution in [0.3, 0.4) is 0 Å². The summed E-state index contributed by atoms with van der Waals surface area (Å²) in [4.78, 5) is 25.5. The second-order valence-electron chi connectivity index (χ2n) is 4.66. The summed E-state index contributed by atoms with van der Waals surface area (Å²) in [5.41, 5.74) is 0. The summed E-state index contributed by atoms with van der Waals surface area (Å²) in [5.74, 6) is -0.525. The molecular weight excluding hydrogens is 266 g/mol. The van der Waals surface area contributed by atoms with Crippen LogP contribution in [0.5, 0.6) is 0 Å². The van der Waals surface area contributed by atoms with Gasteiger partial charge in [-0.3, -0.25) is 4.79 Å². The number of carbonyl (C=O) groups is 2. The number of piperidine rings is 1. The number of nitrogens with zero attached hydrogens (tertiary/aromatic N) is 1. The number of methoxy groups -OCH3 is 1. The number of hydrogen-bond donors (Lipinski definition) is 1. The summed E-state index contributed by atoms with van der Waals surface area (Å²) in [6, 6.07) is 3.08. The number of carbonyl (C=O) groups excluding carboxylic acids is 1. The fourth-order valence-corrected chi connectivity index (χ4v) is 3.07. The van der Waals surface area contributed by atoms with Gasteiger partial charge in [-0.25, -0.2) is 4.79 Å². The highest BCUT2D eigenvalue weighted by atomic mass is 32.1. The van der Waals surface area contributed by atoms with Gasteiger partial charge >= 0.3 is 5.97 Å². The van der Waals surface area contributed by atoms with Crippen molar-refractivity contribution in [3.05, 3.63) is 21.9 Å². The van der Waals surface area contributed by atoms with E-state index < -0.39 is 5.97 Å². The minimum absolute atomic E-state index is 0.0617. The Hall–Kier alpha value is -1.40. The first-order chi connectivity index (χ1) is 9.11. The van der Waals surface area contributed by atoms with Crippen LogP contribution in [0.2, 0.25) is 0 Å². The molecular formula is C13H17NO4S. The second-order valence-corrected chi connectivity index (χ2v) is 5.74. The predicted octanol–water partition coefficient (Wildman–Crippen LogP) is 1.94. The highest BCUT2D eigenvalue weighted by Gasteiger charge is 2.24. The monoisotopic (exact) mass is 283 g/mol. The number of carboxylic acids is 1. The standard InChI is InChI=1S/C13H17NO4S/c1-18-8-9-4-6-14(7-5-9)12(15)10-2-3-11(19-10)13(16)17/h2-3,9H,4-8H2,1H3,(H,16,17). The molecule has 0 aliphatic carbocycles. The Labute approximate surface area is 115 Å². The van der Waals surface area contributed by atoms with Crippen LogP contribution in [0.4, 0.5) is 0 Å². The molecule has 1 aromatic rings. The summed E-state index contributed by atoms with van der Waals surface area (Å²) < 4.78 is 5.12. The van der Waals surface area contributed by atoms with Crippen molar-refractivity contribution in [3.63, 3.8) is 0 Å². The Kier molecular flexibility index (Phi) is 4.55. The zero-order chi connectivity index (χ0) is 13.8. The van der Waals surface area contributed by atoms with Gasteiger partial charge < -0.3 is 14.7 Å². The molecule has 19 heavy (non-hydrogen) atoms. The van der Waals surface area contributed by atoms with Crippen LogP contribution >= 0.6 is 11.3 Å². The lowest BCUT2D eigenvalue weighted by Gasteiger charge is -2.31. The smallest absolute Gasteiger partial charge is 0.345 e. The van der Waals surface area contributed by atoms with E-state index in [2.05, 4.69) is 0 Å². The molecule has 1 aliphatic rings. The maximum absolute atomic E-state index is 12.2. The fourth-order valence-electron chi connectivity index (χ4n) is 2.26. The van der Waals surface area contributed by atoms with Crippen molar-refractivity contribution in [2.45, 2.75) is 12.8 Å². The molecule has 0 atom stereocenters. The van der Waals surface area contributed by atoms with E-state index in [-0.39, 0.29) is 10.8 Å². The van der Waals surface area contributed by atoms with Crippen molar-refractivity contribution < 1.29 is 19.4 Å². The largest absolute Gasteiger partial charge is 0.477 e. The summed E-state index contributed by atoms with van der Waals surface area (Å²) in [5, 5.41) is 8.86. The fraction of sp³-hybridized carbons (Fsp3) is 0.538. The molecule has 1 aliphatic heterocycles. The van der Waals surface area contributed by atoms with Crippen molar-refractivity contribution in [2.75, 3.05) is 26.8 Å². The van der Waals surface area contributed by atoms with Crippen molar-refractivity contribution in [1.29, 1.82) is 0 Å². The van der Waals surface area contributed by atoms with E-state index >= 15 is 0 Å². The van der Waals surface area contributed by atoms with E-state index in [0.717, 1.165) is 30.8 Å². The normalized spacial score (nSPS) is 16.6. The quantitative estimate of drug-likeness (QED) is 0.917. The summed E-state index contributed by atoms with van der Waals surface area (Å²) in [6.45, 7) is 2.17. The molecule has 0 spiro atoms. The van der Waals surface area contributed by atoms with Gasteiger partial charge in [0.05, 0.1) is 4.88 Å². The third kappa shape index (κ3) is 3.33. The first-order valence-corrected chi connectivity index (χ1v) is 7.05. The number of carboxylic acid groups (broad SMARTS) is 1. The Balaban J connectivity index is 1.95. The van der Waals surface area contributed by atoms with Crippen LogP contribution in [-0.2, 0) is 4.74 Å². The van der Waals surface area contributed by atoms with Crippen LogP contribution in [0.15, 0.2) is 12.1 Å². The SMILES string of the molecule is COCC1CCN(C(=O)c2ccc(C(=O)O)s2)CC1. The van der Waals surface area contributed by atoms with Gasteiger partial charge in [0.25, 0.3) is 5.91 Å². The van der Waals surface area contributed by atoms with Gasteiger partial charge in [0.2, 0.25) is 0 Å². The summed E-state index contributed by atoms with van der Waals surface area (Å²) in [6.07, 6.45) is 1.88. The number of hydrogen-bond acceptors (Lipinski definition) is 4. The number of thiophene rings is 1. The first kappa shape index (κ1) is 14.0. The third-order valence-corrected chi connectivity index (χ3v) is 4.39. The minimum Gasteiger partial charge on any atom is -0.477 e. The summed E-state index contributed by atoms with van der Waals surface area (Å²) in [7, 11) is 1.69. The number of aromatic carboxylic acids is 1. The Morgan fingerprint density at radius 1 is 1.37 bits per heavy atom. The average molecular weight is 283 g/mol. The first-order valence-electron chi connectivity index (χ1n) is 6.23. The van der Waals surface area contributed by atoms with Crippen LogP contribution < -0.4 is 0 Å². The molecule has 0 bridgehead atoms. The van der Waals surface area contributed by atoms with Crippen LogP contribution in [-0.4, -0.2) is 48.7 Å². The Morgan fingerprint density at radius 3 is 2.53 bits per heavy atom. The van der Waals surface area contributed by atoms with Crippen LogP contribution in [0, 0.1) is 5.92 Å². The molecule has 1 amide bonds. The zero-order valence-electron chi connectivity index (χ0n) is 10.8. The molecule has 2 rings (SSSR count). The second kappa shape index (κ2) is 6.16. The van der Waals surface area contributed by atoms with Crippen molar-refractivity contribution in [3.8, 4) is 0 Å². The molecule has 0 saturated carbocycles. The Morgan fingerprint density at radius 2 is 2.00 bits per heavy atom. The molecule has 0 unspecified atom stereocenters. The van der Waals surface area contributed by atoms with E-state index in [9.17, 15) is 9.59 Å². The average Bonchev–Trinajstić information content (AvgIpc) is 2.89.